The minimum atomic E-state index is 0.676. The Morgan fingerprint density at radius 1 is 1.27 bits per heavy atom. The Labute approximate surface area is 89.1 Å². The third kappa shape index (κ3) is 2.44. The lowest BCUT2D eigenvalue weighted by molar-refractivity contribution is 0.574. The van der Waals surface area contributed by atoms with E-state index in [9.17, 15) is 0 Å². The lowest BCUT2D eigenvalue weighted by Crippen LogP contribution is -2.10. The van der Waals surface area contributed by atoms with E-state index < -0.39 is 0 Å². The predicted octanol–water partition coefficient (Wildman–Crippen LogP) is 2.10. The monoisotopic (exact) mass is 202 g/mol. The van der Waals surface area contributed by atoms with Gasteiger partial charge in [-0.1, -0.05) is 12.1 Å². The minimum absolute atomic E-state index is 0.676. The van der Waals surface area contributed by atoms with E-state index >= 15 is 0 Å². The first-order chi connectivity index (χ1) is 7.40. The Balaban J connectivity index is 2.11. The molecule has 1 N–H and O–H groups in total. The van der Waals surface area contributed by atoms with Crippen molar-refractivity contribution >= 4 is 0 Å². The summed E-state index contributed by atoms with van der Waals surface area (Å²) in [5.74, 6) is 0.676. The van der Waals surface area contributed by atoms with Crippen molar-refractivity contribution in [2.45, 2.75) is 6.42 Å². The van der Waals surface area contributed by atoms with Gasteiger partial charge in [0.05, 0.1) is 6.20 Å². The average molecular weight is 202 g/mol. The van der Waals surface area contributed by atoms with Gasteiger partial charge in [-0.3, -0.25) is 0 Å². The van der Waals surface area contributed by atoms with E-state index in [2.05, 4.69) is 22.4 Å². The lowest BCUT2D eigenvalue weighted by atomic mass is 10.1. The van der Waals surface area contributed by atoms with Crippen LogP contribution in [-0.4, -0.2) is 18.6 Å². The molecule has 15 heavy (non-hydrogen) atoms. The van der Waals surface area contributed by atoms with Crippen LogP contribution in [0, 0.1) is 0 Å². The number of rotatable bonds is 4. The molecule has 0 atom stereocenters. The molecule has 0 radical (unpaired) electrons. The van der Waals surface area contributed by atoms with Crippen LogP contribution in [0.1, 0.15) is 5.56 Å². The fraction of sp³-hybridized carbons (Fsp3) is 0.250. The van der Waals surface area contributed by atoms with Gasteiger partial charge in [0.2, 0.25) is 5.89 Å². The van der Waals surface area contributed by atoms with Gasteiger partial charge in [0.1, 0.15) is 6.26 Å². The highest BCUT2D eigenvalue weighted by Crippen LogP contribution is 2.17. The lowest BCUT2D eigenvalue weighted by Gasteiger charge is -2.01. The van der Waals surface area contributed by atoms with Gasteiger partial charge in [-0.15, -0.1) is 0 Å². The maximum absolute atomic E-state index is 5.22. The largest absolute Gasteiger partial charge is 0.445 e. The van der Waals surface area contributed by atoms with Gasteiger partial charge in [0, 0.05) is 5.56 Å². The van der Waals surface area contributed by atoms with Crippen molar-refractivity contribution < 1.29 is 4.42 Å². The molecule has 0 spiro atoms. The number of nitrogens with zero attached hydrogens (tertiary/aromatic N) is 1. The van der Waals surface area contributed by atoms with Gasteiger partial charge >= 0.3 is 0 Å². The van der Waals surface area contributed by atoms with Crippen molar-refractivity contribution in [1.29, 1.82) is 0 Å². The molecule has 0 aliphatic carbocycles. The smallest absolute Gasteiger partial charge is 0.225 e. The fourth-order valence-corrected chi connectivity index (χ4v) is 1.45. The summed E-state index contributed by atoms with van der Waals surface area (Å²) in [7, 11) is 1.96. The van der Waals surface area contributed by atoms with Gasteiger partial charge < -0.3 is 9.73 Å². The molecule has 3 heteroatoms. The van der Waals surface area contributed by atoms with Crippen molar-refractivity contribution in [2.75, 3.05) is 13.6 Å². The predicted molar refractivity (Wildman–Crippen MR) is 59.6 cm³/mol. The van der Waals surface area contributed by atoms with Crippen LogP contribution in [0.25, 0.3) is 11.5 Å². The molecule has 0 bridgehead atoms. The Morgan fingerprint density at radius 2 is 2.07 bits per heavy atom. The van der Waals surface area contributed by atoms with E-state index in [0.29, 0.717) is 5.89 Å². The Hall–Kier alpha value is -1.61. The minimum Gasteiger partial charge on any atom is -0.445 e. The van der Waals surface area contributed by atoms with Crippen LogP contribution in [0.2, 0.25) is 0 Å². The molecule has 1 aromatic heterocycles. The highest BCUT2D eigenvalue weighted by molar-refractivity contribution is 5.53. The Morgan fingerprint density at radius 3 is 2.67 bits per heavy atom. The molecule has 2 rings (SSSR count). The number of hydrogen-bond acceptors (Lipinski definition) is 3. The molecule has 3 nitrogen and oxygen atoms in total. The molecule has 78 valence electrons. The molecule has 0 unspecified atom stereocenters. The first-order valence-corrected chi connectivity index (χ1v) is 5.03. The summed E-state index contributed by atoms with van der Waals surface area (Å²) in [5, 5.41) is 3.13. The van der Waals surface area contributed by atoms with Crippen LogP contribution in [0.3, 0.4) is 0 Å². The van der Waals surface area contributed by atoms with Gasteiger partial charge in [0.25, 0.3) is 0 Å². The van der Waals surface area contributed by atoms with Gasteiger partial charge in [-0.05, 0) is 37.7 Å². The third-order valence-electron chi connectivity index (χ3n) is 2.30. The Kier molecular flexibility index (Phi) is 3.15. The van der Waals surface area contributed by atoms with Crippen molar-refractivity contribution in [3.8, 4) is 11.5 Å². The van der Waals surface area contributed by atoms with Crippen molar-refractivity contribution in [2.24, 2.45) is 0 Å². The quantitative estimate of drug-likeness (QED) is 0.825. The number of nitrogens with one attached hydrogen (secondary N) is 1. The molecule has 0 amide bonds. The number of benzene rings is 1. The summed E-state index contributed by atoms with van der Waals surface area (Å²) < 4.78 is 5.22. The molecular formula is C12H14N2O. The van der Waals surface area contributed by atoms with Crippen LogP contribution in [-0.2, 0) is 6.42 Å². The molecule has 0 aliphatic heterocycles. The SMILES string of the molecule is CNCCc1ccc(-c2ncco2)cc1. The number of likely N-dealkylation sites (N-methyl/N-ethyl adjacent to an activating group) is 1. The molecule has 1 aromatic carbocycles. The molecule has 1 heterocycles. The maximum atomic E-state index is 5.22. The summed E-state index contributed by atoms with van der Waals surface area (Å²) in [4.78, 5) is 4.10. The average Bonchev–Trinajstić information content (AvgIpc) is 2.80. The molecule has 2 aromatic rings. The second-order valence-corrected chi connectivity index (χ2v) is 3.39. The van der Waals surface area contributed by atoms with E-state index in [4.69, 9.17) is 4.42 Å². The standard InChI is InChI=1S/C12H14N2O/c1-13-7-6-10-2-4-11(5-3-10)12-14-8-9-15-12/h2-5,8-9,13H,6-7H2,1H3. The van der Waals surface area contributed by atoms with Crippen LogP contribution in [0.4, 0.5) is 0 Å². The second kappa shape index (κ2) is 4.75. The number of hydrogen-bond donors (Lipinski definition) is 1. The van der Waals surface area contributed by atoms with E-state index in [0.717, 1.165) is 18.5 Å². The van der Waals surface area contributed by atoms with E-state index in [-0.39, 0.29) is 0 Å². The molecule has 0 fully saturated rings. The van der Waals surface area contributed by atoms with Crippen LogP contribution >= 0.6 is 0 Å². The van der Waals surface area contributed by atoms with Crippen molar-refractivity contribution in [1.82, 2.24) is 10.3 Å². The number of oxazole rings is 1. The van der Waals surface area contributed by atoms with Crippen LogP contribution in [0.5, 0.6) is 0 Å². The first kappa shape index (κ1) is 9.93. The highest BCUT2D eigenvalue weighted by Gasteiger charge is 2.01. The molecule has 0 saturated heterocycles. The Bertz CT molecular complexity index is 392. The zero-order valence-corrected chi connectivity index (χ0v) is 8.73. The normalized spacial score (nSPS) is 10.5. The second-order valence-electron chi connectivity index (χ2n) is 3.39. The van der Waals surface area contributed by atoms with E-state index in [1.54, 1.807) is 12.5 Å². The highest BCUT2D eigenvalue weighted by atomic mass is 16.3. The summed E-state index contributed by atoms with van der Waals surface area (Å²) in [6, 6.07) is 8.29. The van der Waals surface area contributed by atoms with Gasteiger partial charge in [0.15, 0.2) is 0 Å². The van der Waals surface area contributed by atoms with Gasteiger partial charge in [-0.25, -0.2) is 4.98 Å². The summed E-state index contributed by atoms with van der Waals surface area (Å²) >= 11 is 0. The number of aromatic nitrogens is 1. The maximum Gasteiger partial charge on any atom is 0.225 e. The third-order valence-corrected chi connectivity index (χ3v) is 2.30. The summed E-state index contributed by atoms with van der Waals surface area (Å²) in [6.07, 6.45) is 4.29. The summed E-state index contributed by atoms with van der Waals surface area (Å²) in [5.41, 5.74) is 2.34. The van der Waals surface area contributed by atoms with Crippen LogP contribution in [0.15, 0.2) is 41.1 Å². The molecule has 0 saturated carbocycles. The fourth-order valence-electron chi connectivity index (χ4n) is 1.45. The van der Waals surface area contributed by atoms with Crippen LogP contribution < -0.4 is 5.32 Å². The molecular weight excluding hydrogens is 188 g/mol. The van der Waals surface area contributed by atoms with Crippen molar-refractivity contribution in [3.63, 3.8) is 0 Å². The summed E-state index contributed by atoms with van der Waals surface area (Å²) in [6.45, 7) is 0.998. The van der Waals surface area contributed by atoms with E-state index in [1.807, 2.05) is 19.2 Å². The molecule has 0 aliphatic rings. The van der Waals surface area contributed by atoms with Gasteiger partial charge in [-0.2, -0.15) is 0 Å². The topological polar surface area (TPSA) is 38.1 Å². The zero-order chi connectivity index (χ0) is 10.5. The van der Waals surface area contributed by atoms with E-state index in [1.165, 1.54) is 5.56 Å². The zero-order valence-electron chi connectivity index (χ0n) is 8.73. The van der Waals surface area contributed by atoms with Crippen molar-refractivity contribution in [3.05, 3.63) is 42.3 Å². The first-order valence-electron chi connectivity index (χ1n) is 5.03.